The van der Waals surface area contributed by atoms with Gasteiger partial charge in [-0.05, 0) is 184 Å². The molecular weight excluding hydrogens is 1200 g/mol. The van der Waals surface area contributed by atoms with Gasteiger partial charge >= 0.3 is 66.0 Å². The van der Waals surface area contributed by atoms with Gasteiger partial charge in [0.1, 0.15) is 0 Å². The summed E-state index contributed by atoms with van der Waals surface area (Å²) in [6.07, 6.45) is 8.68. The summed E-state index contributed by atoms with van der Waals surface area (Å²) in [4.78, 5) is 9.05. The second kappa shape index (κ2) is 151. The molecule has 0 aliphatic rings. The van der Waals surface area contributed by atoms with E-state index in [0.717, 1.165) is 156 Å². The standard InChI is InChI=1S/4C7H19N3.8CNS.4Ni/c4*1-10(6-2-4-8)7-3-5-9;8*2-1-3;;;;/h4*2-9H2,1H3;;;;;;;;;;;;/q;;;;8*-1;4*+2. The van der Waals surface area contributed by atoms with Crippen molar-refractivity contribution in [2.75, 3.05) is 133 Å². The van der Waals surface area contributed by atoms with Gasteiger partial charge in [-0.15, -0.1) is 0 Å². The zero-order valence-electron chi connectivity index (χ0n) is 39.5. The summed E-state index contributed by atoms with van der Waals surface area (Å²) in [5, 5.41) is 67.7. The summed E-state index contributed by atoms with van der Waals surface area (Å²) in [7, 11) is 8.41. The Kier molecular flexibility index (Phi) is 250. The van der Waals surface area contributed by atoms with Crippen molar-refractivity contribution < 1.29 is 66.0 Å². The van der Waals surface area contributed by atoms with Gasteiger partial charge in [0.2, 0.25) is 0 Å². The minimum atomic E-state index is 0. The number of hydrogen-bond acceptors (Lipinski definition) is 20. The minimum absolute atomic E-state index is 0. The Morgan fingerprint density at radius 1 is 0.250 bits per heavy atom. The summed E-state index contributed by atoms with van der Waals surface area (Å²) in [6, 6.07) is 0. The summed E-state index contributed by atoms with van der Waals surface area (Å²) in [5.41, 5.74) is 42.8. The maximum absolute atomic E-state index is 7.13. The molecule has 0 rings (SSSR count). The first-order valence-corrected chi connectivity index (χ1v) is 22.3. The van der Waals surface area contributed by atoms with Crippen molar-refractivity contribution in [3.63, 3.8) is 0 Å². The Bertz CT molecular complexity index is 855. The number of nitrogens with zero attached hydrogens (tertiary/aromatic N) is 12. The molecule has 408 valence electrons. The third kappa shape index (κ3) is 273. The van der Waals surface area contributed by atoms with Gasteiger partial charge in [0.25, 0.3) is 0 Å². The molecule has 16 N–H and O–H groups in total. The van der Waals surface area contributed by atoms with E-state index in [2.05, 4.69) is 146 Å². The third-order valence-electron chi connectivity index (χ3n) is 5.95. The number of nitrogens with two attached hydrogens (primary N) is 8. The van der Waals surface area contributed by atoms with E-state index in [9.17, 15) is 0 Å². The van der Waals surface area contributed by atoms with Crippen molar-refractivity contribution in [1.29, 1.82) is 0 Å². The fourth-order valence-corrected chi connectivity index (χ4v) is 3.34. The molecule has 0 unspecified atom stereocenters. The van der Waals surface area contributed by atoms with Crippen LogP contribution in [0.4, 0.5) is 0 Å². The Labute approximate surface area is 493 Å². The van der Waals surface area contributed by atoms with Gasteiger partial charge in [-0.3, -0.25) is 0 Å². The fraction of sp³-hybridized carbons (Fsp3) is 0.778. The molecule has 0 aliphatic carbocycles. The summed E-state index contributed by atoms with van der Waals surface area (Å²) >= 11 is 29.6. The van der Waals surface area contributed by atoms with Gasteiger partial charge in [-0.2, -0.15) is 41.3 Å². The van der Waals surface area contributed by atoms with Crippen molar-refractivity contribution in [2.24, 2.45) is 45.9 Å². The average molecular weight is 1280 g/mol. The molecule has 0 radical (unpaired) electrons. The Balaban J connectivity index is -0.0000000322. The molecule has 0 heterocycles. The van der Waals surface area contributed by atoms with Gasteiger partial charge in [0, 0.05) is 0 Å². The average Bonchev–Trinajstić information content (AvgIpc) is 3.26. The van der Waals surface area contributed by atoms with Crippen LogP contribution in [0, 0.1) is 0 Å². The van der Waals surface area contributed by atoms with E-state index in [1.807, 2.05) is 0 Å². The van der Waals surface area contributed by atoms with Gasteiger partial charge in [-0.25, -0.2) is 0 Å². The number of hydrogen-bond donors (Lipinski definition) is 8. The molecule has 68 heavy (non-hydrogen) atoms. The zero-order chi connectivity index (χ0) is 52.9. The third-order valence-corrected chi connectivity index (χ3v) is 5.95. The van der Waals surface area contributed by atoms with E-state index >= 15 is 0 Å². The van der Waals surface area contributed by atoms with Crippen molar-refractivity contribution in [1.82, 2.24) is 19.6 Å². The van der Waals surface area contributed by atoms with Crippen LogP contribution >= 0.6 is 97.7 Å². The van der Waals surface area contributed by atoms with Crippen molar-refractivity contribution in [3.05, 3.63) is 43.3 Å². The normalized spacial score (nSPS) is 7.29. The van der Waals surface area contributed by atoms with Crippen LogP contribution < -0.4 is 45.9 Å². The van der Waals surface area contributed by atoms with Gasteiger partial charge in [0.05, 0.1) is 0 Å². The monoisotopic (exact) mass is 1280 g/mol. The van der Waals surface area contributed by atoms with E-state index in [4.69, 9.17) is 89.1 Å². The molecule has 32 heteroatoms. The molecule has 0 amide bonds. The summed E-state index contributed by atoms with van der Waals surface area (Å²) in [6.45, 7) is 15.0. The summed E-state index contributed by atoms with van der Waals surface area (Å²) < 4.78 is 0. The molecule has 0 spiro atoms. The van der Waals surface area contributed by atoms with E-state index in [1.54, 1.807) is 0 Å². The molecule has 0 atom stereocenters. The van der Waals surface area contributed by atoms with Crippen molar-refractivity contribution in [2.45, 2.75) is 51.4 Å². The first-order chi connectivity index (χ1) is 30.5. The summed E-state index contributed by atoms with van der Waals surface area (Å²) in [5.74, 6) is 0. The quantitative estimate of drug-likeness (QED) is 0.0388. The van der Waals surface area contributed by atoms with Crippen LogP contribution in [0.1, 0.15) is 51.4 Å². The van der Waals surface area contributed by atoms with Crippen LogP contribution in [0.25, 0.3) is 43.3 Å². The second-order valence-corrected chi connectivity index (χ2v) is 12.5. The zero-order valence-corrected chi connectivity index (χ0v) is 50.0. The van der Waals surface area contributed by atoms with Gasteiger partial charge in [-0.1, -0.05) is 97.7 Å². The molecule has 0 saturated heterocycles. The maximum Gasteiger partial charge on any atom is 2.00 e. The minimum Gasteiger partial charge on any atom is -0.753 e. The molecule has 0 bridgehead atoms. The predicted molar refractivity (Wildman–Crippen MR) is 307 cm³/mol. The van der Waals surface area contributed by atoms with Crippen LogP contribution in [0.5, 0.6) is 0 Å². The predicted octanol–water partition coefficient (Wildman–Crippen LogP) is 3.72. The molecule has 0 aromatic carbocycles. The van der Waals surface area contributed by atoms with Crippen LogP contribution in [0.15, 0.2) is 0 Å². The number of thiocarbonyl (C=S) groups is 8. The SMILES string of the molecule is CN(CCCN)CCCN.CN(CCCN)CCCN.CN(CCCN)CCCN.CN(CCCN)CCCN.[N-]=C=S.[N-]=C=S.[N-]=C=S.[N-]=C=S.[N-]=C=S.[N-]=C=S.[N-]=C=S.[N-]=C=S.[Ni+2].[Ni+2].[Ni+2].[Ni+2]. The van der Waals surface area contributed by atoms with Crippen LogP contribution in [0.2, 0.25) is 0 Å². The molecule has 0 aliphatic heterocycles. The Hall–Kier alpha value is -0.106. The van der Waals surface area contributed by atoms with Crippen LogP contribution in [0.3, 0.4) is 0 Å². The smallest absolute Gasteiger partial charge is 0.753 e. The Morgan fingerprint density at radius 3 is 0.353 bits per heavy atom. The fourth-order valence-electron chi connectivity index (χ4n) is 3.34. The largest absolute Gasteiger partial charge is 2.00 e. The molecule has 0 fully saturated rings. The van der Waals surface area contributed by atoms with Crippen LogP contribution in [-0.4, -0.2) is 194 Å². The van der Waals surface area contributed by atoms with Gasteiger partial charge in [0.15, 0.2) is 0 Å². The second-order valence-electron chi connectivity index (χ2n) is 11.1. The molecular formula is C36H76N20Ni4S8. The van der Waals surface area contributed by atoms with Gasteiger partial charge < -0.3 is 109 Å². The van der Waals surface area contributed by atoms with Crippen LogP contribution in [-0.2, 0) is 66.0 Å². The maximum atomic E-state index is 7.13. The van der Waals surface area contributed by atoms with E-state index in [0.29, 0.717) is 0 Å². The molecule has 0 aromatic heterocycles. The molecule has 0 saturated carbocycles. The van der Waals surface area contributed by atoms with E-state index < -0.39 is 0 Å². The number of rotatable bonds is 24. The van der Waals surface area contributed by atoms with Crippen molar-refractivity contribution in [3.8, 4) is 0 Å². The molecule has 20 nitrogen and oxygen atoms in total. The first-order valence-electron chi connectivity index (χ1n) is 19.0. The number of isothiocyanates is 8. The van der Waals surface area contributed by atoms with E-state index in [1.165, 1.54) is 41.3 Å². The van der Waals surface area contributed by atoms with E-state index in [-0.39, 0.29) is 66.0 Å². The topological polar surface area (TPSA) is 400 Å². The first kappa shape index (κ1) is 113. The van der Waals surface area contributed by atoms with Crippen molar-refractivity contribution >= 4 is 139 Å². The Morgan fingerprint density at radius 2 is 0.309 bits per heavy atom. The molecule has 0 aromatic rings.